The third-order valence-corrected chi connectivity index (χ3v) is 5.03. The lowest BCUT2D eigenvalue weighted by atomic mass is 10.1. The number of furan rings is 1. The number of rotatable bonds is 4. The average molecular weight is 361 g/mol. The fourth-order valence-corrected chi connectivity index (χ4v) is 3.50. The molecule has 138 valence electrons. The molecule has 0 saturated heterocycles. The van der Waals surface area contributed by atoms with Gasteiger partial charge >= 0.3 is 0 Å². The van der Waals surface area contributed by atoms with Crippen molar-refractivity contribution in [3.63, 3.8) is 0 Å². The molecule has 2 aromatic carbocycles. The predicted molar refractivity (Wildman–Crippen MR) is 108 cm³/mol. The molecule has 0 spiro atoms. The summed E-state index contributed by atoms with van der Waals surface area (Å²) in [5.74, 6) is 0.679. The van der Waals surface area contributed by atoms with Crippen LogP contribution in [0.2, 0.25) is 0 Å². The number of nitrogens with one attached hydrogen (secondary N) is 1. The predicted octanol–water partition coefficient (Wildman–Crippen LogP) is 4.82. The smallest absolute Gasteiger partial charge is 0.251 e. The number of carbonyl (C=O) groups is 1. The van der Waals surface area contributed by atoms with Gasteiger partial charge in [-0.25, -0.2) is 0 Å². The van der Waals surface area contributed by atoms with E-state index in [1.165, 1.54) is 0 Å². The Bertz CT molecular complexity index is 1020. The van der Waals surface area contributed by atoms with Gasteiger partial charge in [-0.2, -0.15) is 5.10 Å². The average Bonchev–Trinajstić information content (AvgIpc) is 3.26. The van der Waals surface area contributed by atoms with E-state index >= 15 is 0 Å². The van der Waals surface area contributed by atoms with Crippen LogP contribution in [0.3, 0.4) is 0 Å². The Hall–Kier alpha value is -3.08. The van der Waals surface area contributed by atoms with E-state index in [4.69, 9.17) is 4.42 Å². The van der Waals surface area contributed by atoms with Crippen molar-refractivity contribution < 1.29 is 9.21 Å². The second kappa shape index (κ2) is 6.91. The first-order valence-electron chi connectivity index (χ1n) is 9.23. The highest BCUT2D eigenvalue weighted by Crippen LogP contribution is 2.29. The fraction of sp³-hybridized carbons (Fsp3) is 0.273. The summed E-state index contributed by atoms with van der Waals surface area (Å²) in [5.41, 5.74) is 4.67. The highest BCUT2D eigenvalue weighted by Gasteiger charge is 2.19. The number of hydrogen-bond acceptors (Lipinski definition) is 4. The molecule has 0 fully saturated rings. The molecule has 1 amide bonds. The minimum absolute atomic E-state index is 0.116. The van der Waals surface area contributed by atoms with Gasteiger partial charge in [0.05, 0.1) is 11.7 Å². The van der Waals surface area contributed by atoms with Gasteiger partial charge in [-0.05, 0) is 51.1 Å². The van der Waals surface area contributed by atoms with Crippen LogP contribution in [0.5, 0.6) is 0 Å². The monoisotopic (exact) mass is 361 g/mol. The van der Waals surface area contributed by atoms with Crippen LogP contribution in [0.25, 0.3) is 11.0 Å². The Morgan fingerprint density at radius 1 is 1.15 bits per heavy atom. The molecule has 4 rings (SSSR count). The van der Waals surface area contributed by atoms with E-state index in [2.05, 4.69) is 10.4 Å². The highest BCUT2D eigenvalue weighted by atomic mass is 16.3. The number of anilines is 1. The van der Waals surface area contributed by atoms with Crippen LogP contribution in [0.15, 0.2) is 58.0 Å². The van der Waals surface area contributed by atoms with Crippen LogP contribution >= 0.6 is 0 Å². The molecular formula is C22H23N3O2. The first-order chi connectivity index (χ1) is 13.0. The van der Waals surface area contributed by atoms with Gasteiger partial charge in [0.15, 0.2) is 0 Å². The summed E-state index contributed by atoms with van der Waals surface area (Å²) in [6.07, 6.45) is 0.983. The van der Waals surface area contributed by atoms with Crippen LogP contribution in [0.1, 0.15) is 48.0 Å². The number of benzene rings is 2. The molecule has 0 aliphatic carbocycles. The SMILES string of the molecule is CC1=NN(c2ccc(C(=O)N[C@@H](C)c3oc4ccccc4c3C)cc2)CC1. The van der Waals surface area contributed by atoms with Crippen molar-refractivity contribution in [1.82, 2.24) is 5.32 Å². The molecule has 1 aliphatic heterocycles. The van der Waals surface area contributed by atoms with Crippen molar-refractivity contribution >= 4 is 28.3 Å². The lowest BCUT2D eigenvalue weighted by Gasteiger charge is -2.15. The van der Waals surface area contributed by atoms with Crippen LogP contribution in [0, 0.1) is 6.92 Å². The fourth-order valence-electron chi connectivity index (χ4n) is 3.50. The maximum Gasteiger partial charge on any atom is 0.251 e. The second-order valence-electron chi connectivity index (χ2n) is 7.04. The quantitative estimate of drug-likeness (QED) is 0.725. The zero-order chi connectivity index (χ0) is 19.0. The Morgan fingerprint density at radius 3 is 2.56 bits per heavy atom. The van der Waals surface area contributed by atoms with Crippen molar-refractivity contribution in [2.45, 2.75) is 33.2 Å². The summed E-state index contributed by atoms with van der Waals surface area (Å²) in [4.78, 5) is 12.6. The number of amides is 1. The zero-order valence-corrected chi connectivity index (χ0v) is 15.8. The maximum atomic E-state index is 12.6. The molecule has 1 atom stereocenters. The number of aryl methyl sites for hydroxylation is 1. The van der Waals surface area contributed by atoms with Gasteiger partial charge in [0.25, 0.3) is 5.91 Å². The normalized spacial score (nSPS) is 15.1. The minimum atomic E-state index is -0.213. The van der Waals surface area contributed by atoms with Crippen molar-refractivity contribution in [3.05, 3.63) is 65.4 Å². The third kappa shape index (κ3) is 3.33. The number of hydrogen-bond donors (Lipinski definition) is 1. The Morgan fingerprint density at radius 2 is 1.89 bits per heavy atom. The van der Waals surface area contributed by atoms with Crippen LogP contribution in [-0.2, 0) is 0 Å². The molecule has 2 heterocycles. The van der Waals surface area contributed by atoms with Crippen molar-refractivity contribution in [2.75, 3.05) is 11.6 Å². The number of nitrogens with zero attached hydrogens (tertiary/aromatic N) is 2. The van der Waals surface area contributed by atoms with Gasteiger partial charge in [0.2, 0.25) is 0 Å². The van der Waals surface area contributed by atoms with E-state index in [1.807, 2.05) is 74.3 Å². The molecule has 27 heavy (non-hydrogen) atoms. The molecule has 0 unspecified atom stereocenters. The lowest BCUT2D eigenvalue weighted by molar-refractivity contribution is 0.0935. The van der Waals surface area contributed by atoms with Gasteiger partial charge in [-0.15, -0.1) is 0 Å². The van der Waals surface area contributed by atoms with E-state index in [-0.39, 0.29) is 11.9 Å². The first-order valence-corrected chi connectivity index (χ1v) is 9.23. The summed E-state index contributed by atoms with van der Waals surface area (Å²) < 4.78 is 5.96. The van der Waals surface area contributed by atoms with Crippen molar-refractivity contribution in [3.8, 4) is 0 Å². The van der Waals surface area contributed by atoms with Crippen LogP contribution in [0.4, 0.5) is 5.69 Å². The number of para-hydroxylation sites is 1. The van der Waals surface area contributed by atoms with Gasteiger partial charge in [-0.1, -0.05) is 18.2 Å². The number of carbonyl (C=O) groups excluding carboxylic acids is 1. The van der Waals surface area contributed by atoms with E-state index in [1.54, 1.807) is 0 Å². The summed E-state index contributed by atoms with van der Waals surface area (Å²) >= 11 is 0. The largest absolute Gasteiger partial charge is 0.459 e. The Kier molecular flexibility index (Phi) is 4.44. The van der Waals surface area contributed by atoms with E-state index in [0.717, 1.165) is 46.7 Å². The summed E-state index contributed by atoms with van der Waals surface area (Å²) in [7, 11) is 0. The molecule has 1 aromatic heterocycles. The van der Waals surface area contributed by atoms with E-state index < -0.39 is 0 Å². The summed E-state index contributed by atoms with van der Waals surface area (Å²) in [6, 6.07) is 15.3. The topological polar surface area (TPSA) is 57.8 Å². The van der Waals surface area contributed by atoms with Crippen LogP contribution < -0.4 is 10.3 Å². The van der Waals surface area contributed by atoms with Gasteiger partial charge in [0.1, 0.15) is 11.3 Å². The van der Waals surface area contributed by atoms with Crippen molar-refractivity contribution in [2.24, 2.45) is 5.10 Å². The lowest BCUT2D eigenvalue weighted by Crippen LogP contribution is -2.26. The van der Waals surface area contributed by atoms with Gasteiger partial charge in [0, 0.05) is 35.2 Å². The molecule has 0 bridgehead atoms. The van der Waals surface area contributed by atoms with E-state index in [9.17, 15) is 4.79 Å². The second-order valence-corrected chi connectivity index (χ2v) is 7.04. The molecule has 0 saturated carbocycles. The summed E-state index contributed by atoms with van der Waals surface area (Å²) in [5, 5.41) is 10.6. The number of fused-ring (bicyclic) bond motifs is 1. The zero-order valence-electron chi connectivity index (χ0n) is 15.8. The Balaban J connectivity index is 1.49. The molecule has 5 heteroatoms. The molecular weight excluding hydrogens is 338 g/mol. The van der Waals surface area contributed by atoms with Gasteiger partial charge < -0.3 is 9.73 Å². The van der Waals surface area contributed by atoms with Crippen LogP contribution in [-0.4, -0.2) is 18.2 Å². The third-order valence-electron chi connectivity index (χ3n) is 5.03. The molecule has 0 radical (unpaired) electrons. The summed E-state index contributed by atoms with van der Waals surface area (Å²) in [6.45, 7) is 6.89. The van der Waals surface area contributed by atoms with Gasteiger partial charge in [-0.3, -0.25) is 9.80 Å². The maximum absolute atomic E-state index is 12.6. The molecule has 5 nitrogen and oxygen atoms in total. The molecule has 3 aromatic rings. The Labute approximate surface area is 158 Å². The first kappa shape index (κ1) is 17.3. The minimum Gasteiger partial charge on any atom is -0.459 e. The molecule has 1 N–H and O–H groups in total. The molecule has 1 aliphatic rings. The van der Waals surface area contributed by atoms with Crippen molar-refractivity contribution in [1.29, 1.82) is 0 Å². The standard InChI is InChI=1S/C22H23N3O2/c1-14-12-13-25(24-14)18-10-8-17(9-11-18)22(26)23-16(3)21-15(2)19-6-4-5-7-20(19)27-21/h4-11,16H,12-13H2,1-3H3,(H,23,26)/t16-/m0/s1. The highest BCUT2D eigenvalue weighted by molar-refractivity contribution is 5.95. The van der Waals surface area contributed by atoms with E-state index in [0.29, 0.717) is 5.56 Å². The number of hydrazone groups is 1.